The summed E-state index contributed by atoms with van der Waals surface area (Å²) < 4.78 is 5.22. The number of methoxy groups -OCH3 is 1. The number of aliphatic imine (C=N–C) groups is 1. The molecule has 0 aliphatic carbocycles. The van der Waals surface area contributed by atoms with E-state index in [4.69, 9.17) is 9.73 Å². The molecule has 0 saturated carbocycles. The molecule has 1 heterocycles. The lowest BCUT2D eigenvalue weighted by molar-refractivity contribution is -0.127. The molecule has 8 heteroatoms. The first kappa shape index (κ1) is 26.5. The monoisotopic (exact) mass is 531 g/mol. The van der Waals surface area contributed by atoms with Crippen molar-refractivity contribution >= 4 is 35.8 Å². The van der Waals surface area contributed by atoms with E-state index >= 15 is 0 Å². The van der Waals surface area contributed by atoms with Crippen LogP contribution in [0.25, 0.3) is 0 Å². The molecule has 1 amide bonds. The molecule has 0 spiro atoms. The highest BCUT2D eigenvalue weighted by molar-refractivity contribution is 14.0. The summed E-state index contributed by atoms with van der Waals surface area (Å²) in [6, 6.07) is 7.95. The van der Waals surface area contributed by atoms with Crippen molar-refractivity contribution in [3.8, 4) is 5.75 Å². The van der Waals surface area contributed by atoms with Gasteiger partial charge in [-0.15, -0.1) is 24.0 Å². The number of carbonyl (C=O) groups is 1. The summed E-state index contributed by atoms with van der Waals surface area (Å²) in [7, 11) is 5.21. The van der Waals surface area contributed by atoms with Gasteiger partial charge in [0.25, 0.3) is 0 Å². The van der Waals surface area contributed by atoms with E-state index in [1.165, 1.54) is 0 Å². The van der Waals surface area contributed by atoms with Crippen molar-refractivity contribution in [1.29, 1.82) is 0 Å². The summed E-state index contributed by atoms with van der Waals surface area (Å²) in [5.74, 6) is 2.33. The number of amides is 1. The molecule has 1 aromatic rings. The molecule has 1 aromatic carbocycles. The number of rotatable bonds is 9. The third-order valence-electron chi connectivity index (χ3n) is 5.46. The van der Waals surface area contributed by atoms with Crippen LogP contribution in [0.2, 0.25) is 0 Å². The highest BCUT2D eigenvalue weighted by Gasteiger charge is 2.26. The number of ether oxygens (including phenoxy) is 1. The average molecular weight is 531 g/mol. The fourth-order valence-corrected chi connectivity index (χ4v) is 3.50. The number of hydrogen-bond donors (Lipinski definition) is 1. The van der Waals surface area contributed by atoms with E-state index in [0.717, 1.165) is 56.4 Å². The quantitative estimate of drug-likeness (QED) is 0.302. The van der Waals surface area contributed by atoms with Crippen LogP contribution < -0.4 is 10.1 Å². The van der Waals surface area contributed by atoms with Gasteiger partial charge in [-0.25, -0.2) is 4.99 Å². The molecule has 1 atom stereocenters. The zero-order valence-corrected chi connectivity index (χ0v) is 21.4. The van der Waals surface area contributed by atoms with Gasteiger partial charge in [0.15, 0.2) is 5.96 Å². The summed E-state index contributed by atoms with van der Waals surface area (Å²) in [6.07, 6.45) is 1.15. The van der Waals surface area contributed by atoms with Crippen molar-refractivity contribution in [2.45, 2.75) is 26.8 Å². The SMILES string of the molecule is CCN(CC)CC1CCN(C(=NCc2ccc(OC)cc2)NCC(=O)N(C)C)C1.I. The number of likely N-dealkylation sites (N-methyl/N-ethyl adjacent to an activating group) is 1. The summed E-state index contributed by atoms with van der Waals surface area (Å²) in [5.41, 5.74) is 1.11. The van der Waals surface area contributed by atoms with E-state index in [9.17, 15) is 4.79 Å². The van der Waals surface area contributed by atoms with Crippen LogP contribution in [0.5, 0.6) is 5.75 Å². The lowest BCUT2D eigenvalue weighted by Crippen LogP contribution is -2.45. The van der Waals surface area contributed by atoms with Crippen molar-refractivity contribution in [1.82, 2.24) is 20.0 Å². The Morgan fingerprint density at radius 2 is 1.90 bits per heavy atom. The van der Waals surface area contributed by atoms with Crippen molar-refractivity contribution in [2.24, 2.45) is 10.9 Å². The average Bonchev–Trinajstić information content (AvgIpc) is 3.20. The van der Waals surface area contributed by atoms with Gasteiger partial charge in [-0.2, -0.15) is 0 Å². The van der Waals surface area contributed by atoms with Gasteiger partial charge in [0, 0.05) is 33.7 Å². The first-order valence-electron chi connectivity index (χ1n) is 10.6. The Morgan fingerprint density at radius 1 is 1.23 bits per heavy atom. The van der Waals surface area contributed by atoms with Crippen LogP contribution in [0.1, 0.15) is 25.8 Å². The molecule has 2 rings (SSSR count). The molecular formula is C22H38IN5O2. The molecule has 1 saturated heterocycles. The van der Waals surface area contributed by atoms with E-state index in [-0.39, 0.29) is 36.4 Å². The fraction of sp³-hybridized carbons (Fsp3) is 0.636. The maximum Gasteiger partial charge on any atom is 0.241 e. The second-order valence-corrected chi connectivity index (χ2v) is 7.72. The number of carbonyl (C=O) groups excluding carboxylic acids is 1. The van der Waals surface area contributed by atoms with Crippen LogP contribution >= 0.6 is 24.0 Å². The van der Waals surface area contributed by atoms with Gasteiger partial charge in [0.05, 0.1) is 20.2 Å². The van der Waals surface area contributed by atoms with Gasteiger partial charge >= 0.3 is 0 Å². The van der Waals surface area contributed by atoms with Crippen molar-refractivity contribution in [3.63, 3.8) is 0 Å². The summed E-state index contributed by atoms with van der Waals surface area (Å²) >= 11 is 0. The maximum atomic E-state index is 12.1. The Labute approximate surface area is 198 Å². The molecule has 1 aliphatic rings. The van der Waals surface area contributed by atoms with Crippen LogP contribution in [0, 0.1) is 5.92 Å². The number of benzene rings is 1. The molecular weight excluding hydrogens is 493 g/mol. The van der Waals surface area contributed by atoms with Crippen molar-refractivity contribution in [2.75, 3.05) is 60.5 Å². The highest BCUT2D eigenvalue weighted by atomic mass is 127. The Bertz CT molecular complexity index is 662. The Morgan fingerprint density at radius 3 is 2.47 bits per heavy atom. The van der Waals surface area contributed by atoms with E-state index in [2.05, 4.69) is 29.0 Å². The third-order valence-corrected chi connectivity index (χ3v) is 5.46. The Hall–Kier alpha value is -1.55. The number of guanidine groups is 1. The van der Waals surface area contributed by atoms with Crippen LogP contribution in [0.3, 0.4) is 0 Å². The fourth-order valence-electron chi connectivity index (χ4n) is 3.50. The number of hydrogen-bond acceptors (Lipinski definition) is 4. The van der Waals surface area contributed by atoms with Crippen LogP contribution in [-0.4, -0.2) is 87.0 Å². The number of nitrogens with zero attached hydrogens (tertiary/aromatic N) is 4. The topological polar surface area (TPSA) is 60.4 Å². The molecule has 1 N–H and O–H groups in total. The van der Waals surface area contributed by atoms with Gasteiger partial charge in [0.2, 0.25) is 5.91 Å². The lowest BCUT2D eigenvalue weighted by atomic mass is 10.1. The summed E-state index contributed by atoms with van der Waals surface area (Å²) in [4.78, 5) is 23.3. The lowest BCUT2D eigenvalue weighted by Gasteiger charge is -2.25. The minimum atomic E-state index is 0. The van der Waals surface area contributed by atoms with Gasteiger partial charge < -0.3 is 24.8 Å². The predicted molar refractivity (Wildman–Crippen MR) is 134 cm³/mol. The summed E-state index contributed by atoms with van der Waals surface area (Å²) in [6.45, 7) is 10.5. The van der Waals surface area contributed by atoms with Crippen LogP contribution in [-0.2, 0) is 11.3 Å². The van der Waals surface area contributed by atoms with Gasteiger partial charge in [0.1, 0.15) is 5.75 Å². The molecule has 170 valence electrons. The molecule has 0 bridgehead atoms. The Kier molecular flexibility index (Phi) is 12.1. The first-order chi connectivity index (χ1) is 14.0. The molecule has 0 aromatic heterocycles. The van der Waals surface area contributed by atoms with E-state index in [1.54, 1.807) is 26.1 Å². The molecule has 1 fully saturated rings. The minimum absolute atomic E-state index is 0. The second-order valence-electron chi connectivity index (χ2n) is 7.72. The number of halogens is 1. The number of nitrogens with one attached hydrogen (secondary N) is 1. The van der Waals surface area contributed by atoms with Crippen molar-refractivity contribution in [3.05, 3.63) is 29.8 Å². The third kappa shape index (κ3) is 8.29. The maximum absolute atomic E-state index is 12.1. The largest absolute Gasteiger partial charge is 0.497 e. The van der Waals surface area contributed by atoms with Crippen molar-refractivity contribution < 1.29 is 9.53 Å². The first-order valence-corrected chi connectivity index (χ1v) is 10.6. The second kappa shape index (κ2) is 13.7. The predicted octanol–water partition coefficient (Wildman–Crippen LogP) is 2.51. The van der Waals surface area contributed by atoms with Crippen LogP contribution in [0.15, 0.2) is 29.3 Å². The van der Waals surface area contributed by atoms with E-state index in [0.29, 0.717) is 12.5 Å². The minimum Gasteiger partial charge on any atom is -0.497 e. The number of likely N-dealkylation sites (tertiary alicyclic amines) is 1. The molecule has 1 unspecified atom stereocenters. The van der Waals surface area contributed by atoms with Gasteiger partial charge in [-0.3, -0.25) is 4.79 Å². The zero-order valence-electron chi connectivity index (χ0n) is 19.1. The van der Waals surface area contributed by atoms with E-state index in [1.807, 2.05) is 24.3 Å². The normalized spacial score (nSPS) is 16.4. The smallest absolute Gasteiger partial charge is 0.241 e. The van der Waals surface area contributed by atoms with Gasteiger partial charge in [-0.1, -0.05) is 26.0 Å². The standard InChI is InChI=1S/C22H37N5O2.HI/c1-6-26(7-2)16-19-12-13-27(17-19)22(24-15-21(28)25(3)4)23-14-18-8-10-20(29-5)11-9-18;/h8-11,19H,6-7,12-17H2,1-5H3,(H,23,24);1H. The molecule has 1 aliphatic heterocycles. The molecule has 7 nitrogen and oxygen atoms in total. The summed E-state index contributed by atoms with van der Waals surface area (Å²) in [5, 5.41) is 3.28. The van der Waals surface area contributed by atoms with Crippen LogP contribution in [0.4, 0.5) is 0 Å². The molecule has 30 heavy (non-hydrogen) atoms. The van der Waals surface area contributed by atoms with Gasteiger partial charge in [-0.05, 0) is 43.1 Å². The Balaban J connectivity index is 0.00000450. The highest BCUT2D eigenvalue weighted by Crippen LogP contribution is 2.18. The zero-order chi connectivity index (χ0) is 21.2. The molecule has 0 radical (unpaired) electrons. The van der Waals surface area contributed by atoms with E-state index < -0.39 is 0 Å².